The Morgan fingerprint density at radius 1 is 1.00 bits per heavy atom. The van der Waals surface area contributed by atoms with Crippen LogP contribution in [-0.4, -0.2) is 76.5 Å². The van der Waals surface area contributed by atoms with Gasteiger partial charge in [-0.2, -0.15) is 0 Å². The monoisotopic (exact) mass is 283 g/mol. The number of aliphatic carboxylic acids is 1. The summed E-state index contributed by atoms with van der Waals surface area (Å²) in [5, 5.41) is 9.25. The zero-order valence-corrected chi connectivity index (χ0v) is 11.9. The fourth-order valence-corrected chi connectivity index (χ4v) is 2.93. The third kappa shape index (κ3) is 2.71. The van der Waals surface area contributed by atoms with Gasteiger partial charge in [0.05, 0.1) is 0 Å². The molecule has 0 aromatic heterocycles. The fraction of sp³-hybridized carbons (Fsp3) is 0.769. The largest absolute Gasteiger partial charge is 0.480 e. The Balaban J connectivity index is 1.98. The van der Waals surface area contributed by atoms with Crippen LogP contribution in [0.15, 0.2) is 0 Å². The second-order valence-corrected chi connectivity index (χ2v) is 5.52. The summed E-state index contributed by atoms with van der Waals surface area (Å²) in [6, 6.07) is -0.946. The van der Waals surface area contributed by atoms with Crippen LogP contribution in [0.4, 0.5) is 4.79 Å². The molecule has 2 rings (SSSR count). The number of likely N-dealkylation sites (tertiary alicyclic amines) is 1. The zero-order chi connectivity index (χ0) is 14.9. The van der Waals surface area contributed by atoms with Crippen LogP contribution in [-0.2, 0) is 9.59 Å². The van der Waals surface area contributed by atoms with Gasteiger partial charge < -0.3 is 19.8 Å². The number of nitrogens with zero attached hydrogens (tertiary/aromatic N) is 3. The maximum absolute atomic E-state index is 12.4. The van der Waals surface area contributed by atoms with E-state index in [9.17, 15) is 19.5 Å². The molecule has 20 heavy (non-hydrogen) atoms. The van der Waals surface area contributed by atoms with Crippen molar-refractivity contribution >= 4 is 17.9 Å². The lowest BCUT2D eigenvalue weighted by Gasteiger charge is -2.37. The van der Waals surface area contributed by atoms with Crippen LogP contribution < -0.4 is 0 Å². The molecule has 2 atom stereocenters. The highest BCUT2D eigenvalue weighted by molar-refractivity contribution is 5.84. The summed E-state index contributed by atoms with van der Waals surface area (Å²) in [4.78, 5) is 39.8. The van der Waals surface area contributed by atoms with Gasteiger partial charge in [-0.3, -0.25) is 4.79 Å². The van der Waals surface area contributed by atoms with Gasteiger partial charge in [0.2, 0.25) is 5.91 Å². The molecule has 0 aliphatic carbocycles. The molecule has 2 heterocycles. The van der Waals surface area contributed by atoms with E-state index in [1.165, 1.54) is 11.8 Å². The Hall–Kier alpha value is -1.79. The molecule has 2 unspecified atom stereocenters. The SMILES string of the molecule is CC(=O)N1CCN(C(=O)N2CCC(C)C2C(=O)O)CC1. The van der Waals surface area contributed by atoms with Crippen LogP contribution >= 0.6 is 0 Å². The molecule has 0 spiro atoms. The minimum Gasteiger partial charge on any atom is -0.480 e. The zero-order valence-electron chi connectivity index (χ0n) is 11.9. The van der Waals surface area contributed by atoms with Crippen molar-refractivity contribution in [1.82, 2.24) is 14.7 Å². The molecule has 7 nitrogen and oxygen atoms in total. The highest BCUT2D eigenvalue weighted by Gasteiger charge is 2.41. The molecule has 0 aromatic rings. The molecule has 112 valence electrons. The molecular formula is C13H21N3O4. The van der Waals surface area contributed by atoms with Crippen LogP contribution in [0.1, 0.15) is 20.3 Å². The van der Waals surface area contributed by atoms with E-state index in [1.807, 2.05) is 6.92 Å². The molecule has 0 bridgehead atoms. The first kappa shape index (κ1) is 14.6. The topological polar surface area (TPSA) is 81.2 Å². The van der Waals surface area contributed by atoms with Crippen molar-refractivity contribution in [3.63, 3.8) is 0 Å². The summed E-state index contributed by atoms with van der Waals surface area (Å²) in [7, 11) is 0. The number of hydrogen-bond donors (Lipinski definition) is 1. The van der Waals surface area contributed by atoms with Crippen molar-refractivity contribution in [2.24, 2.45) is 5.92 Å². The van der Waals surface area contributed by atoms with Gasteiger partial charge in [0.15, 0.2) is 0 Å². The van der Waals surface area contributed by atoms with Crippen LogP contribution in [0.3, 0.4) is 0 Å². The Bertz CT molecular complexity index is 418. The second kappa shape index (κ2) is 5.68. The van der Waals surface area contributed by atoms with E-state index in [0.29, 0.717) is 32.7 Å². The molecule has 1 N–H and O–H groups in total. The van der Waals surface area contributed by atoms with E-state index in [1.54, 1.807) is 9.80 Å². The first-order valence-corrected chi connectivity index (χ1v) is 6.95. The number of carboxylic acids is 1. The van der Waals surface area contributed by atoms with Crippen LogP contribution in [0.25, 0.3) is 0 Å². The minimum absolute atomic E-state index is 0.00954. The Morgan fingerprint density at radius 2 is 1.55 bits per heavy atom. The van der Waals surface area contributed by atoms with Crippen molar-refractivity contribution in [1.29, 1.82) is 0 Å². The summed E-state index contributed by atoms with van der Waals surface area (Å²) >= 11 is 0. The van der Waals surface area contributed by atoms with Gasteiger partial charge in [-0.15, -0.1) is 0 Å². The van der Waals surface area contributed by atoms with Gasteiger partial charge in [0.1, 0.15) is 6.04 Å². The number of rotatable bonds is 1. The van der Waals surface area contributed by atoms with E-state index in [0.717, 1.165) is 6.42 Å². The summed E-state index contributed by atoms with van der Waals surface area (Å²) in [5.74, 6) is -0.948. The molecule has 0 aromatic carbocycles. The number of carbonyl (C=O) groups excluding carboxylic acids is 2. The lowest BCUT2D eigenvalue weighted by Crippen LogP contribution is -2.55. The van der Waals surface area contributed by atoms with Gasteiger partial charge in [-0.1, -0.05) is 6.92 Å². The molecule has 2 fully saturated rings. The number of amides is 3. The molecule has 2 aliphatic heterocycles. The van der Waals surface area contributed by atoms with E-state index < -0.39 is 12.0 Å². The predicted molar refractivity (Wildman–Crippen MR) is 71.1 cm³/mol. The molecule has 2 aliphatic rings. The van der Waals surface area contributed by atoms with Gasteiger partial charge in [-0.25, -0.2) is 9.59 Å². The second-order valence-electron chi connectivity index (χ2n) is 5.52. The quantitative estimate of drug-likeness (QED) is 0.738. The lowest BCUT2D eigenvalue weighted by atomic mass is 10.0. The first-order valence-electron chi connectivity index (χ1n) is 6.95. The highest BCUT2D eigenvalue weighted by atomic mass is 16.4. The summed E-state index contributed by atoms with van der Waals surface area (Å²) < 4.78 is 0. The summed E-state index contributed by atoms with van der Waals surface area (Å²) in [5.41, 5.74) is 0. The summed E-state index contributed by atoms with van der Waals surface area (Å²) in [6.07, 6.45) is 0.718. The highest BCUT2D eigenvalue weighted by Crippen LogP contribution is 2.25. The third-order valence-corrected chi connectivity index (χ3v) is 4.19. The average Bonchev–Trinajstić information content (AvgIpc) is 2.80. The maximum Gasteiger partial charge on any atom is 0.326 e. The fourth-order valence-electron chi connectivity index (χ4n) is 2.93. The Labute approximate surface area is 118 Å². The number of carboxylic acid groups (broad SMARTS) is 1. The number of urea groups is 1. The molecule has 2 saturated heterocycles. The molecule has 3 amide bonds. The molecule has 0 radical (unpaired) electrons. The normalized spacial score (nSPS) is 26.8. The van der Waals surface area contributed by atoms with Crippen molar-refractivity contribution in [2.45, 2.75) is 26.3 Å². The Kier molecular flexibility index (Phi) is 4.15. The van der Waals surface area contributed by atoms with Crippen molar-refractivity contribution in [2.75, 3.05) is 32.7 Å². The van der Waals surface area contributed by atoms with Gasteiger partial charge in [0.25, 0.3) is 0 Å². The third-order valence-electron chi connectivity index (χ3n) is 4.19. The number of piperazine rings is 1. The van der Waals surface area contributed by atoms with Gasteiger partial charge in [0, 0.05) is 39.6 Å². The average molecular weight is 283 g/mol. The molecular weight excluding hydrogens is 262 g/mol. The van der Waals surface area contributed by atoms with Crippen LogP contribution in [0.5, 0.6) is 0 Å². The van der Waals surface area contributed by atoms with Crippen molar-refractivity contribution in [3.05, 3.63) is 0 Å². The van der Waals surface area contributed by atoms with Crippen molar-refractivity contribution in [3.8, 4) is 0 Å². The lowest BCUT2D eigenvalue weighted by molar-refractivity contribution is -0.142. The van der Waals surface area contributed by atoms with Crippen LogP contribution in [0.2, 0.25) is 0 Å². The van der Waals surface area contributed by atoms with E-state index in [2.05, 4.69) is 0 Å². The smallest absolute Gasteiger partial charge is 0.326 e. The first-order chi connectivity index (χ1) is 9.41. The molecule has 0 saturated carbocycles. The van der Waals surface area contributed by atoms with Crippen LogP contribution in [0, 0.1) is 5.92 Å². The van der Waals surface area contributed by atoms with Crippen molar-refractivity contribution < 1.29 is 19.5 Å². The van der Waals surface area contributed by atoms with E-state index >= 15 is 0 Å². The maximum atomic E-state index is 12.4. The van der Waals surface area contributed by atoms with Gasteiger partial charge >= 0.3 is 12.0 Å². The van der Waals surface area contributed by atoms with Gasteiger partial charge in [-0.05, 0) is 12.3 Å². The number of carbonyl (C=O) groups is 3. The van der Waals surface area contributed by atoms with E-state index in [-0.39, 0.29) is 17.9 Å². The van der Waals surface area contributed by atoms with E-state index in [4.69, 9.17) is 0 Å². The Morgan fingerprint density at radius 3 is 2.05 bits per heavy atom. The standard InChI is InChI=1S/C13H21N3O4/c1-9-3-4-16(11(9)12(18)19)13(20)15-7-5-14(6-8-15)10(2)17/h9,11H,3-8H2,1-2H3,(H,18,19). The minimum atomic E-state index is -0.939. The predicted octanol–water partition coefficient (Wildman–Crippen LogP) is 0.0655. The number of hydrogen-bond acceptors (Lipinski definition) is 3. The molecule has 7 heteroatoms. The summed E-state index contributed by atoms with van der Waals surface area (Å²) in [6.45, 7) is 5.83.